The minimum atomic E-state index is -0.623. The van der Waals surface area contributed by atoms with Crippen LogP contribution in [0.3, 0.4) is 0 Å². The van der Waals surface area contributed by atoms with Crippen LogP contribution in [0, 0.1) is 0 Å². The molecule has 0 heterocycles. The van der Waals surface area contributed by atoms with Gasteiger partial charge in [-0.1, -0.05) is 51.8 Å². The van der Waals surface area contributed by atoms with Gasteiger partial charge in [-0.3, -0.25) is 4.79 Å². The maximum Gasteiger partial charge on any atom is 0.340 e. The van der Waals surface area contributed by atoms with Gasteiger partial charge in [0.1, 0.15) is 0 Å². The van der Waals surface area contributed by atoms with Crippen molar-refractivity contribution >= 4 is 39.4 Å². The summed E-state index contributed by atoms with van der Waals surface area (Å²) in [5, 5.41) is 3.07. The summed E-state index contributed by atoms with van der Waals surface area (Å²) in [6.45, 7) is 1.50. The van der Waals surface area contributed by atoms with Crippen LogP contribution in [0.2, 0.25) is 5.02 Å². The van der Waals surface area contributed by atoms with Crippen LogP contribution in [-0.2, 0) is 9.53 Å². The predicted molar refractivity (Wildman–Crippen MR) is 92.4 cm³/mol. The maximum absolute atomic E-state index is 11.9. The lowest BCUT2D eigenvalue weighted by Gasteiger charge is -2.14. The topological polar surface area (TPSA) is 55.4 Å². The molecule has 0 aliphatic carbocycles. The van der Waals surface area contributed by atoms with Crippen LogP contribution >= 0.6 is 27.5 Å². The van der Waals surface area contributed by atoms with Gasteiger partial charge in [0.2, 0.25) is 0 Å². The van der Waals surface area contributed by atoms with Gasteiger partial charge < -0.3 is 10.1 Å². The highest BCUT2D eigenvalue weighted by atomic mass is 79.9. The van der Waals surface area contributed by atoms with Gasteiger partial charge in [-0.05, 0) is 36.8 Å². The molecule has 2 rings (SSSR count). The third-order valence-corrected chi connectivity index (χ3v) is 4.03. The van der Waals surface area contributed by atoms with Crippen molar-refractivity contribution in [3.8, 4) is 0 Å². The van der Waals surface area contributed by atoms with Gasteiger partial charge in [0.15, 0.2) is 6.61 Å². The van der Waals surface area contributed by atoms with Gasteiger partial charge in [-0.15, -0.1) is 0 Å². The molecule has 1 amide bonds. The van der Waals surface area contributed by atoms with Crippen molar-refractivity contribution < 1.29 is 14.3 Å². The highest BCUT2D eigenvalue weighted by Crippen LogP contribution is 2.17. The molecule has 1 N–H and O–H groups in total. The number of rotatable bonds is 5. The first-order valence-corrected chi connectivity index (χ1v) is 8.11. The molecule has 2 aromatic carbocycles. The van der Waals surface area contributed by atoms with E-state index in [1.165, 1.54) is 0 Å². The number of nitrogens with one attached hydrogen (secondary N) is 1. The number of hydrogen-bond acceptors (Lipinski definition) is 3. The van der Waals surface area contributed by atoms with Crippen LogP contribution < -0.4 is 5.32 Å². The lowest BCUT2D eigenvalue weighted by molar-refractivity contribution is -0.124. The van der Waals surface area contributed by atoms with Crippen molar-refractivity contribution in [3.63, 3.8) is 0 Å². The van der Waals surface area contributed by atoms with Crippen LogP contribution in [0.5, 0.6) is 0 Å². The summed E-state index contributed by atoms with van der Waals surface area (Å²) in [5.41, 5.74) is 1.20. The summed E-state index contributed by atoms with van der Waals surface area (Å²) in [4.78, 5) is 23.8. The summed E-state index contributed by atoms with van der Waals surface area (Å²) in [5.74, 6) is -0.997. The van der Waals surface area contributed by atoms with E-state index >= 15 is 0 Å². The largest absolute Gasteiger partial charge is 0.452 e. The molecule has 0 unspecified atom stereocenters. The standard InChI is InChI=1S/C17H15BrClNO3/c1-11(12-6-8-13(18)9-7-12)20-16(21)10-23-17(22)14-4-2-3-5-15(14)19/h2-9,11H,10H2,1H3,(H,20,21)/t11-/m0/s1. The van der Waals surface area contributed by atoms with Crippen molar-refractivity contribution in [2.24, 2.45) is 0 Å². The van der Waals surface area contributed by atoms with Crippen molar-refractivity contribution in [3.05, 3.63) is 69.2 Å². The third-order valence-electron chi connectivity index (χ3n) is 3.18. The average Bonchev–Trinajstić information content (AvgIpc) is 2.53. The molecule has 0 saturated heterocycles. The van der Waals surface area contributed by atoms with E-state index < -0.39 is 5.97 Å². The monoisotopic (exact) mass is 395 g/mol. The van der Waals surface area contributed by atoms with Crippen LogP contribution in [0.15, 0.2) is 53.0 Å². The van der Waals surface area contributed by atoms with Gasteiger partial charge in [-0.2, -0.15) is 0 Å². The first kappa shape index (κ1) is 17.5. The Balaban J connectivity index is 1.86. The number of amides is 1. The number of ether oxygens (including phenoxy) is 1. The van der Waals surface area contributed by atoms with Gasteiger partial charge in [0.25, 0.3) is 5.91 Å². The second kappa shape index (κ2) is 8.13. The Hall–Kier alpha value is -1.85. The summed E-state index contributed by atoms with van der Waals surface area (Å²) < 4.78 is 5.95. The third kappa shape index (κ3) is 5.08. The average molecular weight is 397 g/mol. The van der Waals surface area contributed by atoms with Crippen LogP contribution in [-0.4, -0.2) is 18.5 Å². The lowest BCUT2D eigenvalue weighted by Crippen LogP contribution is -2.31. The van der Waals surface area contributed by atoms with Crippen LogP contribution in [0.1, 0.15) is 28.9 Å². The molecule has 1 atom stereocenters. The summed E-state index contributed by atoms with van der Waals surface area (Å²) in [7, 11) is 0. The Morgan fingerprint density at radius 3 is 2.48 bits per heavy atom. The number of esters is 1. The Morgan fingerprint density at radius 2 is 1.83 bits per heavy atom. The Bertz CT molecular complexity index is 703. The number of carbonyl (C=O) groups excluding carboxylic acids is 2. The van der Waals surface area contributed by atoms with E-state index in [0.29, 0.717) is 5.02 Å². The second-order valence-corrected chi connectivity index (χ2v) is 6.22. The fourth-order valence-corrected chi connectivity index (χ4v) is 2.43. The Labute approximate surface area is 147 Å². The number of carbonyl (C=O) groups is 2. The molecular formula is C17H15BrClNO3. The summed E-state index contributed by atoms with van der Waals surface area (Å²) in [6.07, 6.45) is 0. The summed E-state index contributed by atoms with van der Waals surface area (Å²) >= 11 is 9.26. The number of halogens is 2. The summed E-state index contributed by atoms with van der Waals surface area (Å²) in [6, 6.07) is 14.0. The molecule has 2 aromatic rings. The van der Waals surface area contributed by atoms with Gasteiger partial charge in [-0.25, -0.2) is 4.79 Å². The van der Waals surface area contributed by atoms with Crippen molar-refractivity contribution in [1.29, 1.82) is 0 Å². The molecule has 0 saturated carbocycles. The molecule has 120 valence electrons. The quantitative estimate of drug-likeness (QED) is 0.773. The zero-order valence-corrected chi connectivity index (χ0v) is 14.7. The normalized spacial score (nSPS) is 11.6. The minimum Gasteiger partial charge on any atom is -0.452 e. The van der Waals surface area contributed by atoms with E-state index in [0.717, 1.165) is 10.0 Å². The second-order valence-electron chi connectivity index (χ2n) is 4.90. The van der Waals surface area contributed by atoms with Crippen LogP contribution in [0.25, 0.3) is 0 Å². The SMILES string of the molecule is C[C@H](NC(=O)COC(=O)c1ccccc1Cl)c1ccc(Br)cc1. The lowest BCUT2D eigenvalue weighted by atomic mass is 10.1. The molecular weight excluding hydrogens is 382 g/mol. The number of benzene rings is 2. The minimum absolute atomic E-state index is 0.186. The Morgan fingerprint density at radius 1 is 1.17 bits per heavy atom. The zero-order valence-electron chi connectivity index (χ0n) is 12.4. The van der Waals surface area contributed by atoms with Crippen molar-refractivity contribution in [2.45, 2.75) is 13.0 Å². The number of hydrogen-bond donors (Lipinski definition) is 1. The maximum atomic E-state index is 11.9. The van der Waals surface area contributed by atoms with Gasteiger partial charge in [0, 0.05) is 4.47 Å². The molecule has 0 bridgehead atoms. The first-order valence-electron chi connectivity index (χ1n) is 6.94. The molecule has 0 radical (unpaired) electrons. The molecule has 0 spiro atoms. The molecule has 23 heavy (non-hydrogen) atoms. The molecule has 0 aromatic heterocycles. The van der Waals surface area contributed by atoms with Crippen molar-refractivity contribution in [2.75, 3.05) is 6.61 Å². The van der Waals surface area contributed by atoms with Gasteiger partial charge in [0.05, 0.1) is 16.6 Å². The van der Waals surface area contributed by atoms with E-state index in [1.807, 2.05) is 31.2 Å². The van der Waals surface area contributed by atoms with Crippen molar-refractivity contribution in [1.82, 2.24) is 5.32 Å². The molecule has 0 fully saturated rings. The Kier molecular flexibility index (Phi) is 6.19. The van der Waals surface area contributed by atoms with Gasteiger partial charge >= 0.3 is 5.97 Å². The first-order chi connectivity index (χ1) is 11.0. The molecule has 0 aliphatic heterocycles. The molecule has 4 nitrogen and oxygen atoms in total. The zero-order chi connectivity index (χ0) is 16.8. The predicted octanol–water partition coefficient (Wildman–Crippen LogP) is 4.14. The smallest absolute Gasteiger partial charge is 0.340 e. The van der Waals surface area contributed by atoms with E-state index in [9.17, 15) is 9.59 Å². The molecule has 0 aliphatic rings. The van der Waals surface area contributed by atoms with E-state index in [1.54, 1.807) is 24.3 Å². The van der Waals surface area contributed by atoms with E-state index in [-0.39, 0.29) is 24.1 Å². The highest BCUT2D eigenvalue weighted by Gasteiger charge is 2.14. The van der Waals surface area contributed by atoms with Crippen LogP contribution in [0.4, 0.5) is 0 Å². The fraction of sp³-hybridized carbons (Fsp3) is 0.176. The van der Waals surface area contributed by atoms with E-state index in [2.05, 4.69) is 21.2 Å². The molecule has 6 heteroatoms. The fourth-order valence-electron chi connectivity index (χ4n) is 1.95. The highest BCUT2D eigenvalue weighted by molar-refractivity contribution is 9.10. The van der Waals surface area contributed by atoms with E-state index in [4.69, 9.17) is 16.3 Å².